The fraction of sp³-hybridized carbons (Fsp3) is 0.636. The molecule has 16 heavy (non-hydrogen) atoms. The molecule has 1 unspecified atom stereocenters. The number of aromatic nitrogens is 1. The lowest BCUT2D eigenvalue weighted by Gasteiger charge is -2.09. The third-order valence-electron chi connectivity index (χ3n) is 2.62. The lowest BCUT2D eigenvalue weighted by atomic mass is 10.0. The van der Waals surface area contributed by atoms with Crippen LogP contribution in [-0.4, -0.2) is 46.2 Å². The van der Waals surface area contributed by atoms with Gasteiger partial charge in [-0.05, 0) is 17.5 Å². The number of hydrogen-bond donors (Lipinski definition) is 5. The molecule has 92 valence electrons. The molecule has 0 bridgehead atoms. The number of nitrogens with two attached hydrogens (primary N) is 1. The Morgan fingerprint density at radius 1 is 1.25 bits per heavy atom. The second kappa shape index (κ2) is 6.65. The van der Waals surface area contributed by atoms with E-state index in [0.29, 0.717) is 19.3 Å². The van der Waals surface area contributed by atoms with Crippen LogP contribution in [0.3, 0.4) is 0 Å². The summed E-state index contributed by atoms with van der Waals surface area (Å²) in [6.45, 7) is 0.346. The van der Waals surface area contributed by atoms with Crippen molar-refractivity contribution in [1.82, 2.24) is 4.98 Å². The van der Waals surface area contributed by atoms with Crippen LogP contribution in [0.2, 0.25) is 0 Å². The first-order chi connectivity index (χ1) is 7.72. The SMILES string of the molecule is NCC(O)Cc1c[nH]c(CCO)c1CCO. The van der Waals surface area contributed by atoms with Crippen molar-refractivity contribution in [2.75, 3.05) is 19.8 Å². The fourth-order valence-electron chi connectivity index (χ4n) is 1.82. The molecule has 5 nitrogen and oxygen atoms in total. The summed E-state index contributed by atoms with van der Waals surface area (Å²) in [5.41, 5.74) is 8.24. The number of aliphatic hydroxyl groups is 3. The average Bonchev–Trinajstić information content (AvgIpc) is 2.63. The van der Waals surface area contributed by atoms with Crippen molar-refractivity contribution in [2.45, 2.75) is 25.4 Å². The molecule has 0 amide bonds. The number of aromatic amines is 1. The van der Waals surface area contributed by atoms with Crippen LogP contribution in [0.5, 0.6) is 0 Å². The molecule has 1 atom stereocenters. The second-order valence-corrected chi connectivity index (χ2v) is 3.81. The molecule has 6 N–H and O–H groups in total. The lowest BCUT2D eigenvalue weighted by Crippen LogP contribution is -2.22. The maximum atomic E-state index is 9.49. The van der Waals surface area contributed by atoms with Gasteiger partial charge in [0.05, 0.1) is 6.10 Å². The van der Waals surface area contributed by atoms with Gasteiger partial charge in [0.2, 0.25) is 0 Å². The van der Waals surface area contributed by atoms with E-state index in [1.165, 1.54) is 0 Å². The van der Waals surface area contributed by atoms with Crippen molar-refractivity contribution in [1.29, 1.82) is 0 Å². The van der Waals surface area contributed by atoms with Crippen molar-refractivity contribution < 1.29 is 15.3 Å². The fourth-order valence-corrected chi connectivity index (χ4v) is 1.82. The first-order valence-corrected chi connectivity index (χ1v) is 5.50. The molecule has 0 spiro atoms. The molecule has 5 heteroatoms. The molecular weight excluding hydrogens is 208 g/mol. The van der Waals surface area contributed by atoms with E-state index in [0.717, 1.165) is 16.8 Å². The van der Waals surface area contributed by atoms with E-state index < -0.39 is 6.10 Å². The van der Waals surface area contributed by atoms with Crippen LogP contribution < -0.4 is 5.73 Å². The first-order valence-electron chi connectivity index (χ1n) is 5.50. The van der Waals surface area contributed by atoms with Gasteiger partial charge in [0.1, 0.15) is 0 Å². The largest absolute Gasteiger partial charge is 0.396 e. The predicted octanol–water partition coefficient (Wildman–Crippen LogP) is -1.05. The zero-order chi connectivity index (χ0) is 12.0. The van der Waals surface area contributed by atoms with Crippen LogP contribution in [0.4, 0.5) is 0 Å². The Morgan fingerprint density at radius 3 is 2.50 bits per heavy atom. The molecule has 1 heterocycles. The molecule has 1 aromatic heterocycles. The second-order valence-electron chi connectivity index (χ2n) is 3.81. The predicted molar refractivity (Wildman–Crippen MR) is 61.1 cm³/mol. The summed E-state index contributed by atoms with van der Waals surface area (Å²) in [5.74, 6) is 0. The van der Waals surface area contributed by atoms with Crippen LogP contribution in [0.1, 0.15) is 16.8 Å². The molecule has 0 saturated heterocycles. The van der Waals surface area contributed by atoms with Crippen molar-refractivity contribution in [2.24, 2.45) is 5.73 Å². The standard InChI is InChI=1S/C11H20N2O3/c12-6-9(16)5-8-7-13-11(2-4-15)10(8)1-3-14/h7,9,13-16H,1-6,12H2. The Hall–Kier alpha value is -0.880. The Kier molecular flexibility index (Phi) is 5.48. The van der Waals surface area contributed by atoms with Crippen LogP contribution in [0, 0.1) is 0 Å². The Labute approximate surface area is 94.9 Å². The van der Waals surface area contributed by atoms with E-state index in [-0.39, 0.29) is 19.8 Å². The minimum absolute atomic E-state index is 0.0575. The van der Waals surface area contributed by atoms with Gasteiger partial charge in [-0.25, -0.2) is 0 Å². The zero-order valence-corrected chi connectivity index (χ0v) is 9.32. The van der Waals surface area contributed by atoms with E-state index in [9.17, 15) is 5.11 Å². The number of aliphatic hydroxyl groups excluding tert-OH is 3. The molecule has 0 aliphatic rings. The van der Waals surface area contributed by atoms with Crippen molar-refractivity contribution in [3.8, 4) is 0 Å². The monoisotopic (exact) mass is 228 g/mol. The summed E-state index contributed by atoms with van der Waals surface area (Å²) in [6, 6.07) is 0. The van der Waals surface area contributed by atoms with Crippen LogP contribution in [0.15, 0.2) is 6.20 Å². The topological polar surface area (TPSA) is 102 Å². The van der Waals surface area contributed by atoms with Gasteiger partial charge in [0.15, 0.2) is 0 Å². The molecule has 1 rings (SSSR count). The molecule has 0 saturated carbocycles. The summed E-state index contributed by atoms with van der Waals surface area (Å²) < 4.78 is 0. The molecule has 0 aliphatic heterocycles. The van der Waals surface area contributed by atoms with Crippen LogP contribution >= 0.6 is 0 Å². The van der Waals surface area contributed by atoms with Gasteiger partial charge in [-0.2, -0.15) is 0 Å². The van der Waals surface area contributed by atoms with E-state index in [2.05, 4.69) is 4.98 Å². The highest BCUT2D eigenvalue weighted by molar-refractivity contribution is 5.32. The summed E-state index contributed by atoms with van der Waals surface area (Å²) in [6.07, 6.45) is 2.80. The highest BCUT2D eigenvalue weighted by Gasteiger charge is 2.13. The maximum Gasteiger partial charge on any atom is 0.0703 e. The summed E-state index contributed by atoms with van der Waals surface area (Å²) >= 11 is 0. The highest BCUT2D eigenvalue weighted by Crippen LogP contribution is 2.17. The number of hydrogen-bond acceptors (Lipinski definition) is 4. The van der Waals surface area contributed by atoms with Gasteiger partial charge < -0.3 is 26.0 Å². The van der Waals surface area contributed by atoms with Gasteiger partial charge in [0, 0.05) is 44.5 Å². The zero-order valence-electron chi connectivity index (χ0n) is 9.32. The average molecular weight is 228 g/mol. The van der Waals surface area contributed by atoms with E-state index in [1.807, 2.05) is 6.20 Å². The highest BCUT2D eigenvalue weighted by atomic mass is 16.3. The normalized spacial score (nSPS) is 13.0. The molecule has 0 aromatic carbocycles. The van der Waals surface area contributed by atoms with Crippen LogP contribution in [-0.2, 0) is 19.3 Å². The van der Waals surface area contributed by atoms with Crippen molar-refractivity contribution in [3.63, 3.8) is 0 Å². The molecule has 0 aliphatic carbocycles. The summed E-state index contributed by atoms with van der Waals surface area (Å²) in [5, 5.41) is 27.4. The van der Waals surface area contributed by atoms with Gasteiger partial charge in [-0.15, -0.1) is 0 Å². The number of nitrogens with one attached hydrogen (secondary N) is 1. The number of rotatable bonds is 7. The van der Waals surface area contributed by atoms with Gasteiger partial charge in [0.25, 0.3) is 0 Å². The maximum absolute atomic E-state index is 9.49. The Bertz CT molecular complexity index is 312. The minimum Gasteiger partial charge on any atom is -0.396 e. The van der Waals surface area contributed by atoms with E-state index >= 15 is 0 Å². The summed E-state index contributed by atoms with van der Waals surface area (Å²) in [4.78, 5) is 3.07. The third kappa shape index (κ3) is 3.31. The van der Waals surface area contributed by atoms with Crippen molar-refractivity contribution in [3.05, 3.63) is 23.0 Å². The van der Waals surface area contributed by atoms with Gasteiger partial charge in [-0.1, -0.05) is 0 Å². The minimum atomic E-state index is -0.560. The summed E-state index contributed by atoms with van der Waals surface area (Å²) in [7, 11) is 0. The molecule has 0 radical (unpaired) electrons. The number of H-pyrrole nitrogens is 1. The smallest absolute Gasteiger partial charge is 0.0703 e. The van der Waals surface area contributed by atoms with E-state index in [1.54, 1.807) is 0 Å². The Morgan fingerprint density at radius 2 is 1.94 bits per heavy atom. The molecule has 0 fully saturated rings. The molecular formula is C11H20N2O3. The van der Waals surface area contributed by atoms with Crippen molar-refractivity contribution >= 4 is 0 Å². The van der Waals surface area contributed by atoms with Crippen LogP contribution in [0.25, 0.3) is 0 Å². The first kappa shape index (κ1) is 13.2. The molecule has 1 aromatic rings. The lowest BCUT2D eigenvalue weighted by molar-refractivity contribution is 0.183. The third-order valence-corrected chi connectivity index (χ3v) is 2.62. The Balaban J connectivity index is 2.81. The van der Waals surface area contributed by atoms with Gasteiger partial charge >= 0.3 is 0 Å². The quantitative estimate of drug-likeness (QED) is 0.411. The van der Waals surface area contributed by atoms with Gasteiger partial charge in [-0.3, -0.25) is 0 Å². The van der Waals surface area contributed by atoms with E-state index in [4.69, 9.17) is 15.9 Å².